The van der Waals surface area contributed by atoms with Gasteiger partial charge in [0.15, 0.2) is 6.10 Å². The Balaban J connectivity index is 1.28. The molecule has 4 aromatic carbocycles. The summed E-state index contributed by atoms with van der Waals surface area (Å²) in [6.07, 6.45) is -1.03. The zero-order chi connectivity index (χ0) is 26.7. The average molecular weight is 533 g/mol. The summed E-state index contributed by atoms with van der Waals surface area (Å²) < 4.78 is 45.3. The lowest BCUT2D eigenvalue weighted by atomic mass is 10.1. The monoisotopic (exact) mass is 532 g/mol. The molecule has 196 valence electrons. The number of anilines is 1. The first-order chi connectivity index (χ1) is 18.3. The molecule has 5 rings (SSSR count). The van der Waals surface area contributed by atoms with Crippen molar-refractivity contribution in [2.75, 3.05) is 31.1 Å². The molecule has 8 nitrogen and oxygen atoms in total. The Labute approximate surface area is 221 Å². The third-order valence-electron chi connectivity index (χ3n) is 6.31. The molecule has 4 aromatic rings. The third kappa shape index (κ3) is 5.24. The van der Waals surface area contributed by atoms with Gasteiger partial charge in [-0.1, -0.05) is 36.4 Å². The Morgan fingerprint density at radius 3 is 2.47 bits per heavy atom. The number of sulfonamides is 1. The number of carbonyl (C=O) groups excluding carboxylic acids is 1. The number of rotatable bonds is 8. The molecular weight excluding hydrogens is 504 g/mol. The van der Waals surface area contributed by atoms with E-state index in [9.17, 15) is 13.2 Å². The number of fused-ring (bicyclic) bond motifs is 2. The second-order valence-electron chi connectivity index (χ2n) is 8.94. The Morgan fingerprint density at radius 2 is 1.71 bits per heavy atom. The molecule has 0 aliphatic carbocycles. The molecule has 1 amide bonds. The Kier molecular flexibility index (Phi) is 7.11. The summed E-state index contributed by atoms with van der Waals surface area (Å²) in [7, 11) is -2.46. The minimum absolute atomic E-state index is 0.0931. The number of nitrogens with one attached hydrogen (secondary N) is 1. The number of aryl methyl sites for hydroxylation is 1. The number of hydrogen-bond acceptors (Lipinski definition) is 6. The molecule has 0 saturated heterocycles. The van der Waals surface area contributed by atoms with Crippen LogP contribution in [0.3, 0.4) is 0 Å². The predicted molar refractivity (Wildman–Crippen MR) is 146 cm³/mol. The maximum atomic E-state index is 13.6. The minimum Gasteiger partial charge on any atom is -0.497 e. The molecule has 1 atom stereocenters. The molecule has 0 fully saturated rings. The van der Waals surface area contributed by atoms with Gasteiger partial charge in [-0.2, -0.15) is 0 Å². The largest absolute Gasteiger partial charge is 0.497 e. The van der Waals surface area contributed by atoms with Crippen molar-refractivity contribution in [2.24, 2.45) is 0 Å². The fourth-order valence-electron chi connectivity index (χ4n) is 4.31. The number of ether oxygens (including phenoxy) is 3. The number of carbonyl (C=O) groups is 1. The summed E-state index contributed by atoms with van der Waals surface area (Å²) >= 11 is 0. The van der Waals surface area contributed by atoms with E-state index < -0.39 is 22.0 Å². The van der Waals surface area contributed by atoms with E-state index in [1.807, 2.05) is 55.5 Å². The van der Waals surface area contributed by atoms with Crippen molar-refractivity contribution < 1.29 is 27.4 Å². The molecule has 9 heteroatoms. The van der Waals surface area contributed by atoms with Crippen LogP contribution in [0.2, 0.25) is 0 Å². The quantitative estimate of drug-likeness (QED) is 0.340. The number of benzene rings is 4. The van der Waals surface area contributed by atoms with Crippen LogP contribution >= 0.6 is 0 Å². The highest BCUT2D eigenvalue weighted by molar-refractivity contribution is 7.92. The van der Waals surface area contributed by atoms with Gasteiger partial charge in [-0.3, -0.25) is 9.10 Å². The van der Waals surface area contributed by atoms with E-state index in [0.717, 1.165) is 16.3 Å². The summed E-state index contributed by atoms with van der Waals surface area (Å²) in [4.78, 5) is 13.1. The molecule has 0 unspecified atom stereocenters. The van der Waals surface area contributed by atoms with Crippen LogP contribution in [0.15, 0.2) is 89.8 Å². The normalized spacial score (nSPS) is 14.9. The SMILES string of the molecule is COc1ccc(S(=O)(=O)N2C[C@@H](C(=O)NCCOc3ccc4ccccc4c3)Oc3ccc(C)cc32)cc1. The lowest BCUT2D eigenvalue weighted by molar-refractivity contribution is -0.127. The first kappa shape index (κ1) is 25.4. The van der Waals surface area contributed by atoms with Crippen LogP contribution in [0, 0.1) is 6.92 Å². The number of nitrogens with zero attached hydrogens (tertiary/aromatic N) is 1. The lowest BCUT2D eigenvalue weighted by Crippen LogP contribution is -2.51. The van der Waals surface area contributed by atoms with E-state index >= 15 is 0 Å². The van der Waals surface area contributed by atoms with Crippen LogP contribution in [0.5, 0.6) is 17.2 Å². The predicted octanol–water partition coefficient (Wildman–Crippen LogP) is 4.31. The second-order valence-corrected chi connectivity index (χ2v) is 10.8. The van der Waals surface area contributed by atoms with E-state index in [0.29, 0.717) is 22.9 Å². The second kappa shape index (κ2) is 10.6. The molecule has 0 aromatic heterocycles. The maximum Gasteiger partial charge on any atom is 0.264 e. The summed E-state index contributed by atoms with van der Waals surface area (Å²) in [5, 5.41) is 4.99. The van der Waals surface area contributed by atoms with Gasteiger partial charge in [-0.25, -0.2) is 8.42 Å². The molecule has 1 N–H and O–H groups in total. The molecule has 1 aliphatic rings. The number of amides is 1. The molecule has 1 heterocycles. The summed E-state index contributed by atoms with van der Waals surface area (Å²) in [6.45, 7) is 2.19. The Bertz CT molecular complexity index is 1570. The minimum atomic E-state index is -3.97. The lowest BCUT2D eigenvalue weighted by Gasteiger charge is -2.35. The fraction of sp³-hybridized carbons (Fsp3) is 0.207. The average Bonchev–Trinajstić information content (AvgIpc) is 2.94. The van der Waals surface area contributed by atoms with Crippen molar-refractivity contribution >= 4 is 32.4 Å². The highest BCUT2D eigenvalue weighted by Gasteiger charge is 2.37. The first-order valence-corrected chi connectivity index (χ1v) is 13.6. The van der Waals surface area contributed by atoms with Gasteiger partial charge in [0.05, 0.1) is 30.8 Å². The van der Waals surface area contributed by atoms with E-state index in [4.69, 9.17) is 14.2 Å². The molecule has 38 heavy (non-hydrogen) atoms. The number of methoxy groups -OCH3 is 1. The highest BCUT2D eigenvalue weighted by Crippen LogP contribution is 2.38. The van der Waals surface area contributed by atoms with Crippen molar-refractivity contribution in [3.63, 3.8) is 0 Å². The van der Waals surface area contributed by atoms with E-state index in [2.05, 4.69) is 5.32 Å². The summed E-state index contributed by atoms with van der Waals surface area (Å²) in [6, 6.07) is 25.2. The van der Waals surface area contributed by atoms with Crippen molar-refractivity contribution in [1.82, 2.24) is 5.32 Å². The van der Waals surface area contributed by atoms with Gasteiger partial charge in [0.25, 0.3) is 15.9 Å². The molecular formula is C29H28N2O6S. The molecule has 0 radical (unpaired) electrons. The summed E-state index contributed by atoms with van der Waals surface area (Å²) in [5.74, 6) is 1.15. The highest BCUT2D eigenvalue weighted by atomic mass is 32.2. The van der Waals surface area contributed by atoms with E-state index in [1.165, 1.54) is 23.5 Å². The first-order valence-electron chi connectivity index (χ1n) is 12.2. The zero-order valence-electron chi connectivity index (χ0n) is 21.1. The Morgan fingerprint density at radius 1 is 0.974 bits per heavy atom. The van der Waals surface area contributed by atoms with Gasteiger partial charge in [0.1, 0.15) is 23.9 Å². The Hall–Kier alpha value is -4.24. The van der Waals surface area contributed by atoms with Crippen molar-refractivity contribution in [1.29, 1.82) is 0 Å². The van der Waals surface area contributed by atoms with Crippen molar-refractivity contribution in [3.05, 3.63) is 90.5 Å². The van der Waals surface area contributed by atoms with Gasteiger partial charge in [-0.15, -0.1) is 0 Å². The third-order valence-corrected chi connectivity index (χ3v) is 8.11. The van der Waals surface area contributed by atoms with Crippen LogP contribution in [0.1, 0.15) is 5.56 Å². The van der Waals surface area contributed by atoms with Crippen LogP contribution in [-0.2, 0) is 14.8 Å². The van der Waals surface area contributed by atoms with Gasteiger partial charge in [-0.05, 0) is 71.8 Å². The van der Waals surface area contributed by atoms with E-state index in [1.54, 1.807) is 24.3 Å². The number of hydrogen-bond donors (Lipinski definition) is 1. The van der Waals surface area contributed by atoms with Crippen LogP contribution in [0.4, 0.5) is 5.69 Å². The fourth-order valence-corrected chi connectivity index (χ4v) is 5.78. The molecule has 0 bridgehead atoms. The van der Waals surface area contributed by atoms with Gasteiger partial charge < -0.3 is 19.5 Å². The van der Waals surface area contributed by atoms with Crippen LogP contribution in [0.25, 0.3) is 10.8 Å². The molecule has 1 aliphatic heterocycles. The maximum absolute atomic E-state index is 13.6. The molecule has 0 spiro atoms. The van der Waals surface area contributed by atoms with Gasteiger partial charge in [0.2, 0.25) is 0 Å². The topological polar surface area (TPSA) is 94.2 Å². The van der Waals surface area contributed by atoms with Crippen molar-refractivity contribution in [2.45, 2.75) is 17.9 Å². The standard InChI is InChI=1S/C29H28N2O6S/c1-20-7-14-27-26(17-20)31(38(33,34)25-12-10-23(35-2)11-13-25)19-28(37-27)29(32)30-15-16-36-24-9-8-21-5-3-4-6-22(21)18-24/h3-14,17-18,28H,15-16,19H2,1-2H3,(H,30,32)/t28-/m0/s1. The summed E-state index contributed by atoms with van der Waals surface area (Å²) in [5.41, 5.74) is 1.26. The zero-order valence-corrected chi connectivity index (χ0v) is 21.9. The van der Waals surface area contributed by atoms with Gasteiger partial charge in [0, 0.05) is 0 Å². The van der Waals surface area contributed by atoms with Crippen molar-refractivity contribution in [3.8, 4) is 17.2 Å². The van der Waals surface area contributed by atoms with Crippen LogP contribution < -0.4 is 23.8 Å². The van der Waals surface area contributed by atoms with Crippen LogP contribution in [-0.4, -0.2) is 47.2 Å². The smallest absolute Gasteiger partial charge is 0.264 e. The van der Waals surface area contributed by atoms with E-state index in [-0.39, 0.29) is 24.6 Å². The van der Waals surface area contributed by atoms with Gasteiger partial charge >= 0.3 is 0 Å². The molecule has 0 saturated carbocycles.